The van der Waals surface area contributed by atoms with E-state index in [4.69, 9.17) is 16.3 Å². The van der Waals surface area contributed by atoms with Gasteiger partial charge in [-0.05, 0) is 35.9 Å². The minimum Gasteiger partial charge on any atom is -0.496 e. The van der Waals surface area contributed by atoms with Crippen LogP contribution in [-0.2, 0) is 0 Å². The fourth-order valence-electron chi connectivity index (χ4n) is 1.78. The van der Waals surface area contributed by atoms with Crippen molar-refractivity contribution in [3.8, 4) is 5.75 Å². The van der Waals surface area contributed by atoms with Gasteiger partial charge in [0.1, 0.15) is 5.75 Å². The van der Waals surface area contributed by atoms with Crippen LogP contribution in [0, 0.1) is 0 Å². The number of hydrogen-bond donors (Lipinski definition) is 0. The number of halogens is 4. The average molecular weight is 469 g/mol. The average Bonchev–Trinajstić information content (AvgIpc) is 2.38. The van der Waals surface area contributed by atoms with E-state index in [9.17, 15) is 0 Å². The first-order chi connectivity index (χ1) is 9.02. The van der Waals surface area contributed by atoms with E-state index in [-0.39, 0.29) is 5.38 Å². The summed E-state index contributed by atoms with van der Waals surface area (Å²) in [5.74, 6) is 0.776. The van der Waals surface area contributed by atoms with Gasteiger partial charge in [0.2, 0.25) is 0 Å². The number of hydrogen-bond acceptors (Lipinski definition) is 1. The molecule has 0 saturated heterocycles. The van der Waals surface area contributed by atoms with Gasteiger partial charge in [-0.3, -0.25) is 0 Å². The van der Waals surface area contributed by atoms with Gasteiger partial charge in [0.15, 0.2) is 0 Å². The zero-order valence-electron chi connectivity index (χ0n) is 9.96. The lowest BCUT2D eigenvalue weighted by Gasteiger charge is -2.16. The summed E-state index contributed by atoms with van der Waals surface area (Å²) in [5.41, 5.74) is 1.93. The topological polar surface area (TPSA) is 9.23 Å². The second-order valence-corrected chi connectivity index (χ2v) is 7.04. The van der Waals surface area contributed by atoms with Gasteiger partial charge in [-0.15, -0.1) is 11.6 Å². The molecule has 0 fully saturated rings. The Kier molecular flexibility index (Phi) is 5.35. The van der Waals surface area contributed by atoms with Gasteiger partial charge < -0.3 is 4.74 Å². The zero-order valence-corrected chi connectivity index (χ0v) is 15.5. The van der Waals surface area contributed by atoms with E-state index in [1.165, 1.54) is 0 Å². The van der Waals surface area contributed by atoms with E-state index < -0.39 is 0 Å². The molecule has 2 rings (SSSR count). The summed E-state index contributed by atoms with van der Waals surface area (Å²) < 4.78 is 8.32. The lowest BCUT2D eigenvalue weighted by molar-refractivity contribution is 0.410. The molecule has 1 atom stereocenters. The van der Waals surface area contributed by atoms with E-state index in [2.05, 4.69) is 47.8 Å². The quantitative estimate of drug-likeness (QED) is 0.479. The summed E-state index contributed by atoms with van der Waals surface area (Å²) in [7, 11) is 1.65. The highest BCUT2D eigenvalue weighted by Crippen LogP contribution is 2.40. The molecular weight excluding hydrogens is 459 g/mol. The first-order valence-electron chi connectivity index (χ1n) is 5.45. The van der Waals surface area contributed by atoms with Gasteiger partial charge in [-0.25, -0.2) is 0 Å². The minimum absolute atomic E-state index is 0.282. The monoisotopic (exact) mass is 466 g/mol. The highest BCUT2D eigenvalue weighted by molar-refractivity contribution is 9.11. The van der Waals surface area contributed by atoms with Crippen LogP contribution in [-0.4, -0.2) is 7.11 Å². The van der Waals surface area contributed by atoms with Crippen molar-refractivity contribution in [2.45, 2.75) is 5.38 Å². The largest absolute Gasteiger partial charge is 0.496 e. The van der Waals surface area contributed by atoms with Gasteiger partial charge >= 0.3 is 0 Å². The number of benzene rings is 2. The maximum atomic E-state index is 6.60. The second kappa shape index (κ2) is 6.61. The molecule has 1 unspecified atom stereocenters. The summed E-state index contributed by atoms with van der Waals surface area (Å²) >= 11 is 17.0. The van der Waals surface area contributed by atoms with Crippen LogP contribution in [0.2, 0.25) is 0 Å². The molecule has 0 saturated carbocycles. The van der Waals surface area contributed by atoms with Crippen molar-refractivity contribution in [1.82, 2.24) is 0 Å². The fourth-order valence-corrected chi connectivity index (χ4v) is 3.93. The third kappa shape index (κ3) is 3.54. The first-order valence-corrected chi connectivity index (χ1v) is 8.27. The Bertz CT molecular complexity index is 601. The maximum Gasteiger partial charge on any atom is 0.123 e. The molecule has 2 aromatic rings. The van der Waals surface area contributed by atoms with Crippen molar-refractivity contribution >= 4 is 59.4 Å². The van der Waals surface area contributed by atoms with Crippen LogP contribution < -0.4 is 4.74 Å². The molecule has 0 aliphatic rings. The molecule has 2 aromatic carbocycles. The van der Waals surface area contributed by atoms with Crippen LogP contribution >= 0.6 is 59.4 Å². The van der Waals surface area contributed by atoms with E-state index in [0.717, 1.165) is 30.3 Å². The van der Waals surface area contributed by atoms with Crippen molar-refractivity contribution in [2.24, 2.45) is 0 Å². The lowest BCUT2D eigenvalue weighted by Crippen LogP contribution is -1.98. The van der Waals surface area contributed by atoms with Crippen molar-refractivity contribution in [2.75, 3.05) is 7.11 Å². The highest BCUT2D eigenvalue weighted by atomic mass is 79.9. The van der Waals surface area contributed by atoms with Crippen molar-refractivity contribution in [1.29, 1.82) is 0 Å². The van der Waals surface area contributed by atoms with E-state index in [1.54, 1.807) is 7.11 Å². The third-order valence-corrected chi connectivity index (χ3v) is 4.84. The molecule has 0 amide bonds. The van der Waals surface area contributed by atoms with Gasteiger partial charge in [0.05, 0.1) is 12.5 Å². The summed E-state index contributed by atoms with van der Waals surface area (Å²) in [6, 6.07) is 11.8. The Hall–Kier alpha value is -0.0300. The molecule has 1 nitrogen and oxygen atoms in total. The molecule has 0 N–H and O–H groups in total. The molecule has 19 heavy (non-hydrogen) atoms. The highest BCUT2D eigenvalue weighted by Gasteiger charge is 2.18. The predicted octanol–water partition coefficient (Wildman–Crippen LogP) is 6.31. The smallest absolute Gasteiger partial charge is 0.123 e. The van der Waals surface area contributed by atoms with Crippen LogP contribution in [0.4, 0.5) is 0 Å². The molecule has 0 aliphatic heterocycles. The Morgan fingerprint density at radius 1 is 0.947 bits per heavy atom. The number of alkyl halides is 1. The Morgan fingerprint density at radius 3 is 2.21 bits per heavy atom. The Labute approximate surface area is 142 Å². The molecule has 0 spiro atoms. The fraction of sp³-hybridized carbons (Fsp3) is 0.143. The molecule has 0 aromatic heterocycles. The molecule has 0 heterocycles. The normalized spacial score (nSPS) is 12.3. The van der Waals surface area contributed by atoms with Gasteiger partial charge in [-0.2, -0.15) is 0 Å². The molecule has 5 heteroatoms. The summed E-state index contributed by atoms with van der Waals surface area (Å²) in [6.45, 7) is 0. The van der Waals surface area contributed by atoms with Crippen LogP contribution in [0.15, 0.2) is 49.8 Å². The van der Waals surface area contributed by atoms with Crippen molar-refractivity contribution in [3.05, 3.63) is 60.9 Å². The van der Waals surface area contributed by atoms with Gasteiger partial charge in [-0.1, -0.05) is 53.9 Å². The van der Waals surface area contributed by atoms with E-state index in [1.807, 2.05) is 36.4 Å². The third-order valence-electron chi connectivity index (χ3n) is 2.70. The van der Waals surface area contributed by atoms with Crippen molar-refractivity contribution < 1.29 is 4.74 Å². The summed E-state index contributed by atoms with van der Waals surface area (Å²) in [4.78, 5) is 0. The van der Waals surface area contributed by atoms with Crippen LogP contribution in [0.25, 0.3) is 0 Å². The lowest BCUT2D eigenvalue weighted by atomic mass is 10.0. The Balaban J connectivity index is 2.49. The SMILES string of the molecule is COc1ccc(Br)cc1C(Cl)c1ccc(Br)cc1Br. The number of ether oxygens (including phenoxy) is 1. The van der Waals surface area contributed by atoms with Crippen molar-refractivity contribution in [3.63, 3.8) is 0 Å². The maximum absolute atomic E-state index is 6.60. The number of methoxy groups -OCH3 is 1. The minimum atomic E-state index is -0.282. The summed E-state index contributed by atoms with van der Waals surface area (Å²) in [6.07, 6.45) is 0. The molecule has 0 aliphatic carbocycles. The summed E-state index contributed by atoms with van der Waals surface area (Å²) in [5, 5.41) is -0.282. The van der Waals surface area contributed by atoms with Crippen LogP contribution in [0.1, 0.15) is 16.5 Å². The first kappa shape index (κ1) is 15.4. The van der Waals surface area contributed by atoms with Gasteiger partial charge in [0, 0.05) is 19.0 Å². The molecule has 0 bridgehead atoms. The van der Waals surface area contributed by atoms with Crippen LogP contribution in [0.3, 0.4) is 0 Å². The Morgan fingerprint density at radius 2 is 1.58 bits per heavy atom. The molecule has 100 valence electrons. The molecular formula is C14H10Br3ClO. The molecule has 0 radical (unpaired) electrons. The van der Waals surface area contributed by atoms with E-state index >= 15 is 0 Å². The second-order valence-electron chi connectivity index (χ2n) is 3.91. The standard InChI is InChI=1S/C14H10Br3ClO/c1-19-13-5-3-8(15)6-11(13)14(18)10-4-2-9(16)7-12(10)17/h2-7,14H,1H3. The zero-order chi connectivity index (χ0) is 14.0. The predicted molar refractivity (Wildman–Crippen MR) is 90.2 cm³/mol. The van der Waals surface area contributed by atoms with E-state index in [0.29, 0.717) is 0 Å². The van der Waals surface area contributed by atoms with Gasteiger partial charge in [0.25, 0.3) is 0 Å². The number of rotatable bonds is 3. The van der Waals surface area contributed by atoms with Crippen LogP contribution in [0.5, 0.6) is 5.75 Å².